The third-order valence-corrected chi connectivity index (χ3v) is 4.69. The van der Waals surface area contributed by atoms with Gasteiger partial charge in [0.25, 0.3) is 0 Å². The van der Waals surface area contributed by atoms with Gasteiger partial charge in [0.2, 0.25) is 5.91 Å². The van der Waals surface area contributed by atoms with Crippen molar-refractivity contribution in [3.63, 3.8) is 0 Å². The monoisotopic (exact) mass is 357 g/mol. The Labute approximate surface area is 146 Å². The van der Waals surface area contributed by atoms with E-state index in [1.165, 1.54) is 0 Å². The average molecular weight is 357 g/mol. The number of fused-ring (bicyclic) bond motifs is 1. The predicted molar refractivity (Wildman–Crippen MR) is 87.0 cm³/mol. The molecular formula is C16H27N3O6. The molecule has 142 valence electrons. The van der Waals surface area contributed by atoms with Gasteiger partial charge in [-0.2, -0.15) is 0 Å². The van der Waals surface area contributed by atoms with E-state index in [0.29, 0.717) is 32.0 Å². The maximum absolute atomic E-state index is 11.8. The number of methoxy groups -OCH3 is 1. The first kappa shape index (κ1) is 18.4. The zero-order valence-electron chi connectivity index (χ0n) is 14.4. The molecule has 5 atom stereocenters. The molecule has 0 aromatic heterocycles. The Hall–Kier alpha value is -1.42. The lowest BCUT2D eigenvalue weighted by molar-refractivity contribution is -0.124. The lowest BCUT2D eigenvalue weighted by Crippen LogP contribution is -2.44. The fraction of sp³-hybridized carbons (Fsp3) is 0.875. The molecule has 2 heterocycles. The van der Waals surface area contributed by atoms with E-state index >= 15 is 0 Å². The Bertz CT molecular complexity index is 486. The number of urea groups is 1. The van der Waals surface area contributed by atoms with Crippen molar-refractivity contribution in [1.82, 2.24) is 16.0 Å². The Morgan fingerprint density at radius 3 is 2.72 bits per heavy atom. The molecule has 9 heteroatoms. The van der Waals surface area contributed by atoms with Gasteiger partial charge < -0.3 is 35.3 Å². The van der Waals surface area contributed by atoms with E-state index < -0.39 is 18.3 Å². The van der Waals surface area contributed by atoms with E-state index in [1.807, 2.05) is 0 Å². The number of carbonyl (C=O) groups excluding carboxylic acids is 2. The van der Waals surface area contributed by atoms with Crippen LogP contribution in [-0.2, 0) is 19.0 Å². The number of aliphatic hydroxyl groups excluding tert-OH is 1. The number of ether oxygens (including phenoxy) is 3. The van der Waals surface area contributed by atoms with Crippen LogP contribution in [0.25, 0.3) is 0 Å². The minimum Gasteiger partial charge on any atom is -0.388 e. The molecule has 3 amide bonds. The Morgan fingerprint density at radius 2 is 2.04 bits per heavy atom. The first-order valence-corrected chi connectivity index (χ1v) is 8.86. The van der Waals surface area contributed by atoms with E-state index in [2.05, 4.69) is 16.0 Å². The smallest absolute Gasteiger partial charge is 0.314 e. The van der Waals surface area contributed by atoms with E-state index in [9.17, 15) is 14.7 Å². The van der Waals surface area contributed by atoms with Gasteiger partial charge in [0, 0.05) is 32.7 Å². The van der Waals surface area contributed by atoms with Crippen LogP contribution in [-0.4, -0.2) is 80.4 Å². The number of hydrogen-bond donors (Lipinski definition) is 4. The summed E-state index contributed by atoms with van der Waals surface area (Å²) in [6, 6.07) is 0.00110. The van der Waals surface area contributed by atoms with Crippen LogP contribution in [0.4, 0.5) is 4.79 Å². The average Bonchev–Trinajstić information content (AvgIpc) is 3.22. The van der Waals surface area contributed by atoms with Crippen molar-refractivity contribution in [1.29, 1.82) is 0 Å². The summed E-state index contributed by atoms with van der Waals surface area (Å²) in [5, 5.41) is 18.6. The summed E-state index contributed by atoms with van der Waals surface area (Å²) >= 11 is 0. The van der Waals surface area contributed by atoms with Crippen molar-refractivity contribution in [2.24, 2.45) is 0 Å². The summed E-state index contributed by atoms with van der Waals surface area (Å²) in [5.74, 6) is -0.00656. The van der Waals surface area contributed by atoms with Gasteiger partial charge in [-0.25, -0.2) is 4.79 Å². The fourth-order valence-corrected chi connectivity index (χ4v) is 3.25. The SMILES string of the molecule is COCCNC(=O)NC[C@H]1O[C@@H]2C[C@H](CC(=O)NC3CC3)O[C@@H]2[C@@H]1O. The minimum absolute atomic E-state index is 0.00656. The van der Waals surface area contributed by atoms with Crippen molar-refractivity contribution >= 4 is 11.9 Å². The second-order valence-electron chi connectivity index (χ2n) is 6.84. The predicted octanol–water partition coefficient (Wildman–Crippen LogP) is -1.11. The van der Waals surface area contributed by atoms with Gasteiger partial charge in [-0.05, 0) is 12.8 Å². The van der Waals surface area contributed by atoms with Crippen molar-refractivity contribution < 1.29 is 28.9 Å². The highest BCUT2D eigenvalue weighted by molar-refractivity contribution is 5.77. The van der Waals surface area contributed by atoms with Crippen LogP contribution < -0.4 is 16.0 Å². The largest absolute Gasteiger partial charge is 0.388 e. The Morgan fingerprint density at radius 1 is 1.24 bits per heavy atom. The van der Waals surface area contributed by atoms with Crippen molar-refractivity contribution in [2.75, 3.05) is 26.8 Å². The molecule has 0 unspecified atom stereocenters. The first-order valence-electron chi connectivity index (χ1n) is 8.86. The molecule has 0 aromatic rings. The molecular weight excluding hydrogens is 330 g/mol. The summed E-state index contributed by atoms with van der Waals surface area (Å²) in [7, 11) is 1.56. The fourth-order valence-electron chi connectivity index (χ4n) is 3.25. The maximum Gasteiger partial charge on any atom is 0.314 e. The number of nitrogens with one attached hydrogen (secondary N) is 3. The van der Waals surface area contributed by atoms with Gasteiger partial charge in [-0.15, -0.1) is 0 Å². The number of rotatable bonds is 8. The first-order chi connectivity index (χ1) is 12.1. The zero-order chi connectivity index (χ0) is 17.8. The summed E-state index contributed by atoms with van der Waals surface area (Å²) in [4.78, 5) is 23.4. The van der Waals surface area contributed by atoms with Gasteiger partial charge in [0.15, 0.2) is 0 Å². The van der Waals surface area contributed by atoms with Crippen LogP contribution in [0.15, 0.2) is 0 Å². The van der Waals surface area contributed by atoms with Crippen LogP contribution >= 0.6 is 0 Å². The second kappa shape index (κ2) is 8.31. The van der Waals surface area contributed by atoms with Crippen LogP contribution in [0.2, 0.25) is 0 Å². The highest BCUT2D eigenvalue weighted by Gasteiger charge is 2.50. The molecule has 9 nitrogen and oxygen atoms in total. The highest BCUT2D eigenvalue weighted by Crippen LogP contribution is 2.35. The molecule has 25 heavy (non-hydrogen) atoms. The molecule has 0 spiro atoms. The van der Waals surface area contributed by atoms with Gasteiger partial charge in [-0.3, -0.25) is 4.79 Å². The van der Waals surface area contributed by atoms with Crippen molar-refractivity contribution in [3.05, 3.63) is 0 Å². The third-order valence-electron chi connectivity index (χ3n) is 4.69. The van der Waals surface area contributed by atoms with Gasteiger partial charge in [0.1, 0.15) is 18.3 Å². The molecule has 0 aromatic carbocycles. The van der Waals surface area contributed by atoms with Crippen LogP contribution in [0, 0.1) is 0 Å². The number of hydrogen-bond acceptors (Lipinski definition) is 6. The van der Waals surface area contributed by atoms with Crippen LogP contribution in [0.1, 0.15) is 25.7 Å². The van der Waals surface area contributed by atoms with E-state index in [1.54, 1.807) is 7.11 Å². The highest BCUT2D eigenvalue weighted by atomic mass is 16.6. The molecule has 0 bridgehead atoms. The number of amides is 3. The normalized spacial score (nSPS) is 33.8. The molecule has 3 rings (SSSR count). The molecule has 0 radical (unpaired) electrons. The minimum atomic E-state index is -0.819. The van der Waals surface area contributed by atoms with E-state index in [-0.39, 0.29) is 30.7 Å². The molecule has 3 fully saturated rings. The molecule has 2 aliphatic heterocycles. The summed E-state index contributed by atoms with van der Waals surface area (Å²) in [5.41, 5.74) is 0. The third kappa shape index (κ3) is 5.04. The second-order valence-corrected chi connectivity index (χ2v) is 6.84. The van der Waals surface area contributed by atoms with Crippen LogP contribution in [0.5, 0.6) is 0 Å². The summed E-state index contributed by atoms with van der Waals surface area (Å²) in [6.07, 6.45) is 0.746. The topological polar surface area (TPSA) is 118 Å². The Kier molecular flexibility index (Phi) is 6.10. The lowest BCUT2D eigenvalue weighted by atomic mass is 10.1. The van der Waals surface area contributed by atoms with Crippen molar-refractivity contribution in [3.8, 4) is 0 Å². The summed E-state index contributed by atoms with van der Waals surface area (Å²) < 4.78 is 16.5. The molecule has 1 saturated carbocycles. The Balaban J connectivity index is 1.36. The molecule has 3 aliphatic rings. The lowest BCUT2D eigenvalue weighted by Gasteiger charge is -2.20. The molecule has 1 aliphatic carbocycles. The van der Waals surface area contributed by atoms with Gasteiger partial charge in [0.05, 0.1) is 25.2 Å². The maximum atomic E-state index is 11.8. The van der Waals surface area contributed by atoms with E-state index in [4.69, 9.17) is 14.2 Å². The van der Waals surface area contributed by atoms with Crippen LogP contribution in [0.3, 0.4) is 0 Å². The quantitative estimate of drug-likeness (QED) is 0.409. The summed E-state index contributed by atoms with van der Waals surface area (Å²) in [6.45, 7) is 1.04. The molecule has 2 saturated heterocycles. The number of carbonyl (C=O) groups is 2. The molecule has 4 N–H and O–H groups in total. The zero-order valence-corrected chi connectivity index (χ0v) is 14.4. The van der Waals surface area contributed by atoms with Gasteiger partial charge >= 0.3 is 6.03 Å². The van der Waals surface area contributed by atoms with Gasteiger partial charge in [-0.1, -0.05) is 0 Å². The standard InChI is InChI=1S/C16H27N3O6/c1-23-5-4-17-16(22)18-8-12-14(21)15-11(25-12)6-10(24-15)7-13(20)19-9-2-3-9/h9-12,14-15,21H,2-8H2,1H3,(H,19,20)(H2,17,18,22)/t10-,11-,12-,14-,15+/m1/s1. The number of aliphatic hydroxyl groups is 1. The van der Waals surface area contributed by atoms with E-state index in [0.717, 1.165) is 12.8 Å². The van der Waals surface area contributed by atoms with Crippen molar-refractivity contribution in [2.45, 2.75) is 62.2 Å².